The Morgan fingerprint density at radius 2 is 2.00 bits per heavy atom. The second kappa shape index (κ2) is 8.21. The molecule has 0 aliphatic carbocycles. The van der Waals surface area contributed by atoms with Crippen molar-refractivity contribution in [2.24, 2.45) is 4.99 Å². The van der Waals surface area contributed by atoms with E-state index < -0.39 is 0 Å². The summed E-state index contributed by atoms with van der Waals surface area (Å²) in [6.07, 6.45) is 7.38. The van der Waals surface area contributed by atoms with Crippen LogP contribution in [0.3, 0.4) is 0 Å². The van der Waals surface area contributed by atoms with Crippen molar-refractivity contribution in [1.82, 2.24) is 20.7 Å². The van der Waals surface area contributed by atoms with Crippen molar-refractivity contribution in [3.05, 3.63) is 17.0 Å². The number of aromatic nitrogens is 1. The summed E-state index contributed by atoms with van der Waals surface area (Å²) in [7, 11) is 2.30. The molecule has 6 heteroatoms. The highest BCUT2D eigenvalue weighted by Gasteiger charge is 2.36. The van der Waals surface area contributed by atoms with Crippen LogP contribution in [0, 0.1) is 13.8 Å². The molecular formula is C19H33N5O. The summed E-state index contributed by atoms with van der Waals surface area (Å²) in [5.74, 6) is 1.86. The Morgan fingerprint density at radius 3 is 2.60 bits per heavy atom. The normalized spacial score (nSPS) is 27.4. The van der Waals surface area contributed by atoms with E-state index in [0.717, 1.165) is 49.0 Å². The molecule has 2 N–H and O–H groups in total. The quantitative estimate of drug-likeness (QED) is 0.632. The predicted octanol–water partition coefficient (Wildman–Crippen LogP) is 2.40. The van der Waals surface area contributed by atoms with Crippen LogP contribution in [-0.2, 0) is 6.42 Å². The zero-order valence-electron chi connectivity index (χ0n) is 16.1. The zero-order chi connectivity index (χ0) is 17.8. The third kappa shape index (κ3) is 4.35. The molecule has 2 bridgehead atoms. The van der Waals surface area contributed by atoms with Crippen LogP contribution in [0.4, 0.5) is 0 Å². The fourth-order valence-corrected chi connectivity index (χ4v) is 4.39. The molecule has 25 heavy (non-hydrogen) atoms. The number of aliphatic imine (C=N–C) groups is 1. The van der Waals surface area contributed by atoms with Gasteiger partial charge in [-0.15, -0.1) is 0 Å². The lowest BCUT2D eigenvalue weighted by Crippen LogP contribution is -2.56. The number of nitrogens with zero attached hydrogens (tertiary/aromatic N) is 3. The van der Waals surface area contributed by atoms with Gasteiger partial charge in [0, 0.05) is 36.8 Å². The lowest BCUT2D eigenvalue weighted by molar-refractivity contribution is 0.0526. The van der Waals surface area contributed by atoms with Crippen LogP contribution in [-0.4, -0.2) is 54.3 Å². The van der Waals surface area contributed by atoms with Crippen molar-refractivity contribution in [3.8, 4) is 0 Å². The van der Waals surface area contributed by atoms with Gasteiger partial charge in [-0.2, -0.15) is 0 Å². The minimum atomic E-state index is 0.531. The van der Waals surface area contributed by atoms with E-state index in [1.165, 1.54) is 37.7 Å². The van der Waals surface area contributed by atoms with E-state index in [-0.39, 0.29) is 0 Å². The maximum Gasteiger partial charge on any atom is 0.191 e. The van der Waals surface area contributed by atoms with Crippen LogP contribution in [0.2, 0.25) is 0 Å². The average molecular weight is 348 g/mol. The molecule has 3 rings (SSSR count). The number of guanidine groups is 1. The number of hydrogen-bond donors (Lipinski definition) is 2. The highest BCUT2D eigenvalue weighted by atomic mass is 16.5. The summed E-state index contributed by atoms with van der Waals surface area (Å²) in [5.41, 5.74) is 2.17. The molecule has 2 atom stereocenters. The second-order valence-corrected chi connectivity index (χ2v) is 7.53. The molecule has 2 saturated heterocycles. The Labute approximate surface area is 151 Å². The summed E-state index contributed by atoms with van der Waals surface area (Å²) in [6, 6.07) is 1.99. The molecule has 2 aliphatic heterocycles. The summed E-state index contributed by atoms with van der Waals surface area (Å²) < 4.78 is 5.24. The van der Waals surface area contributed by atoms with Crippen molar-refractivity contribution in [2.45, 2.75) is 77.4 Å². The Bertz CT molecular complexity index is 563. The van der Waals surface area contributed by atoms with Crippen LogP contribution in [0.5, 0.6) is 0 Å². The molecule has 1 aromatic rings. The Hall–Kier alpha value is -1.56. The van der Waals surface area contributed by atoms with Crippen molar-refractivity contribution in [1.29, 1.82) is 0 Å². The van der Waals surface area contributed by atoms with Crippen LogP contribution in [0.25, 0.3) is 0 Å². The highest BCUT2D eigenvalue weighted by molar-refractivity contribution is 5.80. The van der Waals surface area contributed by atoms with Gasteiger partial charge in [-0.3, -0.25) is 4.99 Å². The molecule has 1 aromatic heterocycles. The lowest BCUT2D eigenvalue weighted by Gasteiger charge is -2.47. The number of fused-ring (bicyclic) bond motifs is 2. The molecule has 3 heterocycles. The maximum atomic E-state index is 5.24. The van der Waals surface area contributed by atoms with Gasteiger partial charge in [0.1, 0.15) is 5.76 Å². The minimum Gasteiger partial charge on any atom is -0.361 e. The van der Waals surface area contributed by atoms with Crippen LogP contribution in [0.15, 0.2) is 9.52 Å². The van der Waals surface area contributed by atoms with Crippen molar-refractivity contribution in [3.63, 3.8) is 0 Å². The molecule has 2 unspecified atom stereocenters. The van der Waals surface area contributed by atoms with Crippen molar-refractivity contribution in [2.75, 3.05) is 20.1 Å². The standard InChI is InChI=1S/C19H33N5O/c1-5-20-19(21-10-9-18-13(2)23-25-14(18)3)22-15-11-16-7-6-8-17(12-15)24(16)4/h15-17H,5-12H2,1-4H3,(H2,20,21,22). The van der Waals surface area contributed by atoms with E-state index in [1.54, 1.807) is 0 Å². The molecule has 2 fully saturated rings. The first-order chi connectivity index (χ1) is 12.1. The van der Waals surface area contributed by atoms with Crippen LogP contribution < -0.4 is 10.6 Å². The first kappa shape index (κ1) is 18.2. The average Bonchev–Trinajstić information content (AvgIpc) is 2.88. The molecule has 0 radical (unpaired) electrons. The summed E-state index contributed by atoms with van der Waals surface area (Å²) in [4.78, 5) is 7.39. The van der Waals surface area contributed by atoms with E-state index in [2.05, 4.69) is 34.7 Å². The van der Waals surface area contributed by atoms with Crippen molar-refractivity contribution < 1.29 is 4.52 Å². The van der Waals surface area contributed by atoms with Gasteiger partial charge in [0.05, 0.1) is 5.69 Å². The third-order valence-corrected chi connectivity index (χ3v) is 5.84. The second-order valence-electron chi connectivity index (χ2n) is 7.53. The first-order valence-corrected chi connectivity index (χ1v) is 9.77. The topological polar surface area (TPSA) is 65.7 Å². The molecule has 0 amide bonds. The molecule has 0 aromatic carbocycles. The molecule has 2 aliphatic rings. The fraction of sp³-hybridized carbons (Fsp3) is 0.789. The van der Waals surface area contributed by atoms with Gasteiger partial charge in [0.2, 0.25) is 0 Å². The summed E-state index contributed by atoms with van der Waals surface area (Å²) in [6.45, 7) is 7.72. The SMILES string of the molecule is CCNC(=NCCc1c(C)noc1C)NC1CC2CCCC(C1)N2C. The molecule has 0 saturated carbocycles. The predicted molar refractivity (Wildman–Crippen MR) is 101 cm³/mol. The number of aryl methyl sites for hydroxylation is 2. The van der Waals surface area contributed by atoms with E-state index in [1.807, 2.05) is 13.8 Å². The number of piperidine rings is 2. The monoisotopic (exact) mass is 347 g/mol. The van der Waals surface area contributed by atoms with Gasteiger partial charge in [-0.25, -0.2) is 0 Å². The fourth-order valence-electron chi connectivity index (χ4n) is 4.39. The molecule has 6 nitrogen and oxygen atoms in total. The first-order valence-electron chi connectivity index (χ1n) is 9.77. The Balaban J connectivity index is 1.57. The molecule has 140 valence electrons. The van der Waals surface area contributed by atoms with Gasteiger partial charge < -0.3 is 20.1 Å². The van der Waals surface area contributed by atoms with Crippen molar-refractivity contribution >= 4 is 5.96 Å². The van der Waals surface area contributed by atoms with Gasteiger partial charge in [0.15, 0.2) is 5.96 Å². The van der Waals surface area contributed by atoms with E-state index in [0.29, 0.717) is 6.04 Å². The smallest absolute Gasteiger partial charge is 0.191 e. The summed E-state index contributed by atoms with van der Waals surface area (Å²) in [5, 5.41) is 11.1. The van der Waals surface area contributed by atoms with Gasteiger partial charge in [0.25, 0.3) is 0 Å². The maximum absolute atomic E-state index is 5.24. The van der Waals surface area contributed by atoms with E-state index in [9.17, 15) is 0 Å². The number of hydrogen-bond acceptors (Lipinski definition) is 4. The summed E-state index contributed by atoms with van der Waals surface area (Å²) >= 11 is 0. The van der Waals surface area contributed by atoms with E-state index in [4.69, 9.17) is 9.52 Å². The van der Waals surface area contributed by atoms with Gasteiger partial charge >= 0.3 is 0 Å². The lowest BCUT2D eigenvalue weighted by atomic mass is 9.82. The van der Waals surface area contributed by atoms with Gasteiger partial charge in [-0.1, -0.05) is 11.6 Å². The largest absolute Gasteiger partial charge is 0.361 e. The number of rotatable bonds is 5. The highest BCUT2D eigenvalue weighted by Crippen LogP contribution is 2.32. The molecular weight excluding hydrogens is 314 g/mol. The van der Waals surface area contributed by atoms with Crippen LogP contribution >= 0.6 is 0 Å². The van der Waals surface area contributed by atoms with Gasteiger partial charge in [-0.05, 0) is 59.9 Å². The number of nitrogens with one attached hydrogen (secondary N) is 2. The minimum absolute atomic E-state index is 0.531. The van der Waals surface area contributed by atoms with Crippen LogP contribution in [0.1, 0.15) is 56.0 Å². The Kier molecular flexibility index (Phi) is 5.99. The van der Waals surface area contributed by atoms with E-state index >= 15 is 0 Å². The zero-order valence-corrected chi connectivity index (χ0v) is 16.1. The third-order valence-electron chi connectivity index (χ3n) is 5.84. The Morgan fingerprint density at radius 1 is 1.28 bits per heavy atom. The molecule has 0 spiro atoms.